The Morgan fingerprint density at radius 2 is 1.92 bits per heavy atom. The molecule has 0 saturated carbocycles. The lowest BCUT2D eigenvalue weighted by Crippen LogP contribution is -2.42. The average Bonchev–Trinajstić information content (AvgIpc) is 2.54. The van der Waals surface area contributed by atoms with E-state index < -0.39 is 0 Å². The summed E-state index contributed by atoms with van der Waals surface area (Å²) in [5.41, 5.74) is 6.52. The summed E-state index contributed by atoms with van der Waals surface area (Å²) in [5.74, 6) is 0.575. The van der Waals surface area contributed by atoms with Crippen molar-refractivity contribution in [1.82, 2.24) is 9.88 Å². The van der Waals surface area contributed by atoms with E-state index in [4.69, 9.17) is 5.73 Å². The molecule has 146 valence electrons. The van der Waals surface area contributed by atoms with Gasteiger partial charge < -0.3 is 20.9 Å². The van der Waals surface area contributed by atoms with Crippen LogP contribution in [0.25, 0.3) is 0 Å². The number of hydrogen-bond donors (Lipinski definition) is 2. The number of nitrogens with two attached hydrogens (primary N) is 1. The number of nitrogens with zero attached hydrogens (tertiary/aromatic N) is 3. The number of piperidine rings is 1. The summed E-state index contributed by atoms with van der Waals surface area (Å²) < 4.78 is 0. The number of pyridine rings is 1. The average molecular weight is 415 g/mol. The molecule has 1 fully saturated rings. The van der Waals surface area contributed by atoms with Crippen LogP contribution >= 0.6 is 37.2 Å². The molecule has 0 aromatic carbocycles. The highest BCUT2D eigenvalue weighted by Gasteiger charge is 2.20. The minimum atomic E-state index is -0.0301. The number of anilines is 2. The van der Waals surface area contributed by atoms with Crippen molar-refractivity contribution in [3.05, 3.63) is 18.3 Å². The molecule has 1 aromatic heterocycles. The molecular weight excluding hydrogens is 385 g/mol. The lowest BCUT2D eigenvalue weighted by Gasteiger charge is -2.36. The van der Waals surface area contributed by atoms with E-state index >= 15 is 0 Å². The molecule has 1 amide bonds. The van der Waals surface area contributed by atoms with Gasteiger partial charge in [-0.05, 0) is 52.0 Å². The van der Waals surface area contributed by atoms with E-state index in [0.29, 0.717) is 31.2 Å². The van der Waals surface area contributed by atoms with E-state index in [1.54, 1.807) is 0 Å². The third-order valence-electron chi connectivity index (χ3n) is 4.18. The molecular formula is C16H30Cl3N5O. The Morgan fingerprint density at radius 1 is 1.28 bits per heavy atom. The Kier molecular flexibility index (Phi) is 14.2. The summed E-state index contributed by atoms with van der Waals surface area (Å²) in [5, 5.41) is 2.80. The first kappa shape index (κ1) is 26.4. The number of nitrogens with one attached hydrogen (secondary N) is 1. The second kappa shape index (κ2) is 13.4. The molecule has 6 nitrogen and oxygen atoms in total. The molecule has 0 spiro atoms. The van der Waals surface area contributed by atoms with E-state index in [0.717, 1.165) is 18.8 Å². The molecule has 9 heteroatoms. The van der Waals surface area contributed by atoms with E-state index in [1.165, 1.54) is 12.8 Å². The SMILES string of the molecule is CN(C)C1CCN(c2ccc(NC(=O)CCCN)nc2)CC1.Cl.Cl.Cl. The van der Waals surface area contributed by atoms with E-state index in [1.807, 2.05) is 18.3 Å². The lowest BCUT2D eigenvalue weighted by molar-refractivity contribution is -0.116. The molecule has 0 bridgehead atoms. The molecule has 1 aliphatic rings. The summed E-state index contributed by atoms with van der Waals surface area (Å²) in [4.78, 5) is 20.6. The van der Waals surface area contributed by atoms with Crippen molar-refractivity contribution in [1.29, 1.82) is 0 Å². The predicted octanol–water partition coefficient (Wildman–Crippen LogP) is 2.55. The second-order valence-corrected chi connectivity index (χ2v) is 6.02. The van der Waals surface area contributed by atoms with E-state index in [2.05, 4.69) is 34.2 Å². The molecule has 1 aliphatic heterocycles. The summed E-state index contributed by atoms with van der Waals surface area (Å²) in [6.07, 6.45) is 5.33. The Hall–Kier alpha value is -0.790. The van der Waals surface area contributed by atoms with Gasteiger partial charge in [0.1, 0.15) is 5.82 Å². The molecule has 0 aliphatic carbocycles. The van der Waals surface area contributed by atoms with Crippen molar-refractivity contribution in [3.63, 3.8) is 0 Å². The van der Waals surface area contributed by atoms with Crippen LogP contribution in [-0.2, 0) is 4.79 Å². The Labute approximate surface area is 169 Å². The van der Waals surface area contributed by atoms with Crippen LogP contribution in [0.5, 0.6) is 0 Å². The maximum absolute atomic E-state index is 11.6. The number of aromatic nitrogens is 1. The van der Waals surface area contributed by atoms with Crippen LogP contribution in [-0.4, -0.2) is 55.6 Å². The van der Waals surface area contributed by atoms with Crippen LogP contribution in [0, 0.1) is 0 Å². The minimum Gasteiger partial charge on any atom is -0.370 e. The maximum Gasteiger partial charge on any atom is 0.225 e. The molecule has 3 N–H and O–H groups in total. The van der Waals surface area contributed by atoms with E-state index in [9.17, 15) is 4.79 Å². The topological polar surface area (TPSA) is 74.5 Å². The number of carbonyl (C=O) groups is 1. The van der Waals surface area contributed by atoms with Crippen molar-refractivity contribution >= 4 is 54.6 Å². The first-order valence-corrected chi connectivity index (χ1v) is 7.97. The van der Waals surface area contributed by atoms with Gasteiger partial charge in [0.25, 0.3) is 0 Å². The van der Waals surface area contributed by atoms with Gasteiger partial charge in [-0.15, -0.1) is 37.2 Å². The Morgan fingerprint density at radius 3 is 2.40 bits per heavy atom. The normalized spacial score (nSPS) is 14.2. The smallest absolute Gasteiger partial charge is 0.225 e. The quantitative estimate of drug-likeness (QED) is 0.748. The summed E-state index contributed by atoms with van der Waals surface area (Å²) in [6.45, 7) is 2.63. The van der Waals surface area contributed by atoms with Gasteiger partial charge in [-0.2, -0.15) is 0 Å². The zero-order chi connectivity index (χ0) is 15.9. The second-order valence-electron chi connectivity index (χ2n) is 6.02. The zero-order valence-corrected chi connectivity index (χ0v) is 17.3. The van der Waals surface area contributed by atoms with Gasteiger partial charge in [0.05, 0.1) is 11.9 Å². The molecule has 1 aromatic rings. The number of carbonyl (C=O) groups excluding carboxylic acids is 1. The standard InChI is InChI=1S/C16H27N5O.3ClH/c1-20(2)13-7-10-21(11-8-13)14-5-6-15(18-12-14)19-16(22)4-3-9-17;;;/h5-6,12-13H,3-4,7-11,17H2,1-2H3,(H,18,19,22);3*1H. The minimum absolute atomic E-state index is 0. The summed E-state index contributed by atoms with van der Waals surface area (Å²) in [6, 6.07) is 4.57. The molecule has 0 unspecified atom stereocenters. The Balaban J connectivity index is 0. The highest BCUT2D eigenvalue weighted by Crippen LogP contribution is 2.21. The van der Waals surface area contributed by atoms with E-state index in [-0.39, 0.29) is 43.1 Å². The molecule has 25 heavy (non-hydrogen) atoms. The lowest BCUT2D eigenvalue weighted by atomic mass is 10.0. The third-order valence-corrected chi connectivity index (χ3v) is 4.18. The van der Waals surface area contributed by atoms with Crippen LogP contribution in [0.1, 0.15) is 25.7 Å². The zero-order valence-electron chi connectivity index (χ0n) is 14.8. The molecule has 2 heterocycles. The van der Waals surface area contributed by atoms with Gasteiger partial charge in [-0.1, -0.05) is 0 Å². The van der Waals surface area contributed by atoms with Gasteiger partial charge >= 0.3 is 0 Å². The predicted molar refractivity (Wildman–Crippen MR) is 112 cm³/mol. The largest absolute Gasteiger partial charge is 0.370 e. The van der Waals surface area contributed by atoms with Gasteiger partial charge in [0, 0.05) is 25.6 Å². The molecule has 1 saturated heterocycles. The van der Waals surface area contributed by atoms with Crippen LogP contribution in [0.15, 0.2) is 18.3 Å². The van der Waals surface area contributed by atoms with Gasteiger partial charge in [0.2, 0.25) is 5.91 Å². The van der Waals surface area contributed by atoms with Crippen molar-refractivity contribution in [2.75, 3.05) is 43.9 Å². The number of hydrogen-bond acceptors (Lipinski definition) is 5. The van der Waals surface area contributed by atoms with Crippen LogP contribution in [0.4, 0.5) is 11.5 Å². The highest BCUT2D eigenvalue weighted by molar-refractivity contribution is 5.89. The van der Waals surface area contributed by atoms with Gasteiger partial charge in [-0.25, -0.2) is 4.98 Å². The summed E-state index contributed by atoms with van der Waals surface area (Å²) >= 11 is 0. The first-order chi connectivity index (χ1) is 10.6. The number of rotatable bonds is 6. The fourth-order valence-corrected chi connectivity index (χ4v) is 2.76. The maximum atomic E-state index is 11.6. The monoisotopic (exact) mass is 413 g/mol. The summed E-state index contributed by atoms with van der Waals surface area (Å²) in [7, 11) is 4.29. The molecule has 0 radical (unpaired) electrons. The van der Waals surface area contributed by atoms with Crippen LogP contribution in [0.3, 0.4) is 0 Å². The van der Waals surface area contributed by atoms with Crippen molar-refractivity contribution in [3.8, 4) is 0 Å². The highest BCUT2D eigenvalue weighted by atomic mass is 35.5. The molecule has 0 atom stereocenters. The first-order valence-electron chi connectivity index (χ1n) is 7.97. The molecule has 2 rings (SSSR count). The number of halogens is 3. The van der Waals surface area contributed by atoms with Gasteiger partial charge in [-0.3, -0.25) is 4.79 Å². The third kappa shape index (κ3) is 8.42. The van der Waals surface area contributed by atoms with Crippen LogP contribution < -0.4 is 16.0 Å². The van der Waals surface area contributed by atoms with Crippen molar-refractivity contribution < 1.29 is 4.79 Å². The van der Waals surface area contributed by atoms with Gasteiger partial charge in [0.15, 0.2) is 0 Å². The number of amides is 1. The van der Waals surface area contributed by atoms with Crippen molar-refractivity contribution in [2.45, 2.75) is 31.7 Å². The fourth-order valence-electron chi connectivity index (χ4n) is 2.76. The fraction of sp³-hybridized carbons (Fsp3) is 0.625. The Bertz CT molecular complexity index is 479. The van der Waals surface area contributed by atoms with Crippen molar-refractivity contribution in [2.24, 2.45) is 5.73 Å². The van der Waals surface area contributed by atoms with Crippen LogP contribution in [0.2, 0.25) is 0 Å².